The van der Waals surface area contributed by atoms with Crippen molar-refractivity contribution in [1.82, 2.24) is 0 Å². The first-order valence-corrected chi connectivity index (χ1v) is 26.2. The van der Waals surface area contributed by atoms with Gasteiger partial charge in [0.2, 0.25) is 0 Å². The predicted octanol–water partition coefficient (Wildman–Crippen LogP) is -2.68. The molecule has 0 bridgehead atoms. The molecule has 4 aliphatic carbocycles. The highest BCUT2D eigenvalue weighted by atomic mass is 16.8. The van der Waals surface area contributed by atoms with Crippen molar-refractivity contribution in [2.45, 2.75) is 221 Å². The van der Waals surface area contributed by atoms with Gasteiger partial charge in [0, 0.05) is 12.3 Å². The predicted molar refractivity (Wildman–Crippen MR) is 240 cm³/mol. The average Bonchev–Trinajstić information content (AvgIpc) is 3.78. The van der Waals surface area contributed by atoms with Crippen LogP contribution in [0.1, 0.15) is 91.9 Å². The van der Waals surface area contributed by atoms with Crippen molar-refractivity contribution in [1.29, 1.82) is 0 Å². The van der Waals surface area contributed by atoms with Crippen molar-refractivity contribution >= 4 is 0 Å². The summed E-state index contributed by atoms with van der Waals surface area (Å²) in [5.41, 5.74) is 0.0142. The maximum absolute atomic E-state index is 12.1. The standard InChI is InChI=1S/C49H82O22/c1-20(16-63-44-40(60)36(56)35(55)30(15-50)68-44)7-12-49(62)21(2)32-29(71-49)14-26-24-6-5-22-13-23(8-10-47(22,3)25(24)9-11-48(26,32)4)67-46-41(61)37(57)42(70-45-39(59)34(54)28(52)18-65-45)31(69-46)19-66-43-38(58)33(53)27(51)17-64-43/h20-46,50-62H,5-19H2,1-4H3/t20?,21?,22-,23?,24?,25?,26?,27+,28-,29?,30-,31-,32?,33+,34+,35-,36+,37-,38-,39-,40-,41-,42-,43+,44-,45+,46-,47?,48?,49?/m1/s1. The first-order chi connectivity index (χ1) is 33.6. The lowest BCUT2D eigenvalue weighted by molar-refractivity contribution is -0.362. The number of fused-ring (bicyclic) bond motifs is 7. The van der Waals surface area contributed by atoms with Gasteiger partial charge in [-0.15, -0.1) is 0 Å². The molecule has 0 spiro atoms. The van der Waals surface area contributed by atoms with Crippen LogP contribution in [-0.4, -0.2) is 228 Å². The number of aliphatic hydroxyl groups excluding tert-OH is 12. The molecular weight excluding hydrogens is 941 g/mol. The monoisotopic (exact) mass is 1020 g/mol. The van der Waals surface area contributed by atoms with E-state index in [0.717, 1.165) is 38.5 Å². The van der Waals surface area contributed by atoms with E-state index < -0.39 is 130 Å². The molecule has 0 amide bonds. The molecule has 410 valence electrons. The molecule has 71 heavy (non-hydrogen) atoms. The Kier molecular flexibility index (Phi) is 16.6. The maximum Gasteiger partial charge on any atom is 0.186 e. The summed E-state index contributed by atoms with van der Waals surface area (Å²) in [5.74, 6) is 0.421. The molecule has 0 aromatic carbocycles. The van der Waals surface area contributed by atoms with Gasteiger partial charge in [-0.2, -0.15) is 0 Å². The third kappa shape index (κ3) is 10.2. The van der Waals surface area contributed by atoms with Gasteiger partial charge in [-0.05, 0) is 104 Å². The molecule has 9 aliphatic rings. The molecular formula is C49H82O22. The summed E-state index contributed by atoms with van der Waals surface area (Å²) in [6, 6.07) is 0. The van der Waals surface area contributed by atoms with Gasteiger partial charge in [-0.1, -0.05) is 27.7 Å². The van der Waals surface area contributed by atoms with Crippen LogP contribution in [0.4, 0.5) is 0 Å². The highest BCUT2D eigenvalue weighted by Crippen LogP contribution is 2.71. The molecule has 0 aromatic rings. The summed E-state index contributed by atoms with van der Waals surface area (Å²) in [5, 5.41) is 137. The minimum absolute atomic E-state index is 0.0152. The Morgan fingerprint density at radius 3 is 1.96 bits per heavy atom. The van der Waals surface area contributed by atoms with Crippen LogP contribution >= 0.6 is 0 Å². The Hall–Kier alpha value is -0.880. The highest BCUT2D eigenvalue weighted by Gasteiger charge is 2.68. The number of ether oxygens (including phenoxy) is 9. The third-order valence-corrected chi connectivity index (χ3v) is 19.3. The molecule has 22 nitrogen and oxygen atoms in total. The van der Waals surface area contributed by atoms with Crippen LogP contribution in [0.5, 0.6) is 0 Å². The van der Waals surface area contributed by atoms with Gasteiger partial charge in [0.1, 0.15) is 85.5 Å². The first-order valence-electron chi connectivity index (χ1n) is 26.2. The Morgan fingerprint density at radius 1 is 0.620 bits per heavy atom. The minimum Gasteiger partial charge on any atom is -0.394 e. The van der Waals surface area contributed by atoms with Crippen LogP contribution in [0.25, 0.3) is 0 Å². The SMILES string of the molecule is CC(CCC1(O)OC2CC3C4CC[C@@H]5CC(O[C@@H]6O[C@H](CO[C@@H]7OC[C@H](O)[C@H](O)[C@H]7O)[C@@H](O[C@@H]7OC[C@@H](O)[C@H](O)[C@H]7O)[C@H](O)[C@H]6O)CCC5(C)C4CCC3(C)C2C1C)CO[C@@H]1O[C@H](CO)[C@@H](O)[C@H](O)[C@H]1O. The zero-order valence-corrected chi connectivity index (χ0v) is 41.2. The molecule has 30 atom stereocenters. The maximum atomic E-state index is 12.1. The van der Waals surface area contributed by atoms with E-state index in [1.807, 2.05) is 6.92 Å². The lowest BCUT2D eigenvalue weighted by atomic mass is 9.44. The summed E-state index contributed by atoms with van der Waals surface area (Å²) in [4.78, 5) is 0. The van der Waals surface area contributed by atoms with Crippen LogP contribution in [0.2, 0.25) is 0 Å². The summed E-state index contributed by atoms with van der Waals surface area (Å²) < 4.78 is 53.3. The van der Waals surface area contributed by atoms with Gasteiger partial charge < -0.3 is 109 Å². The molecule has 11 unspecified atom stereocenters. The molecule has 0 radical (unpaired) electrons. The van der Waals surface area contributed by atoms with Gasteiger partial charge >= 0.3 is 0 Å². The van der Waals surface area contributed by atoms with E-state index in [1.165, 1.54) is 0 Å². The highest BCUT2D eigenvalue weighted by molar-refractivity contribution is 5.15. The lowest BCUT2D eigenvalue weighted by Crippen LogP contribution is -2.64. The van der Waals surface area contributed by atoms with Crippen LogP contribution in [0.15, 0.2) is 0 Å². The molecule has 9 rings (SSSR count). The van der Waals surface area contributed by atoms with Gasteiger partial charge in [0.15, 0.2) is 30.9 Å². The fourth-order valence-corrected chi connectivity index (χ4v) is 15.0. The second-order valence-corrected chi connectivity index (χ2v) is 23.4. The van der Waals surface area contributed by atoms with Crippen LogP contribution < -0.4 is 0 Å². The molecule has 0 aromatic heterocycles. The molecule has 9 fully saturated rings. The number of rotatable bonds is 14. The van der Waals surface area contributed by atoms with E-state index in [-0.39, 0.29) is 60.6 Å². The molecule has 13 N–H and O–H groups in total. The molecule has 22 heteroatoms. The van der Waals surface area contributed by atoms with E-state index in [9.17, 15) is 66.4 Å². The van der Waals surface area contributed by atoms with Gasteiger partial charge in [-0.3, -0.25) is 0 Å². The Balaban J connectivity index is 0.798. The van der Waals surface area contributed by atoms with Gasteiger partial charge in [0.05, 0.1) is 45.2 Å². The van der Waals surface area contributed by atoms with Crippen LogP contribution in [-0.2, 0) is 42.6 Å². The van der Waals surface area contributed by atoms with Crippen molar-refractivity contribution in [2.24, 2.45) is 52.3 Å². The zero-order valence-electron chi connectivity index (χ0n) is 41.2. The smallest absolute Gasteiger partial charge is 0.186 e. The molecule has 5 aliphatic heterocycles. The van der Waals surface area contributed by atoms with Crippen molar-refractivity contribution in [2.75, 3.05) is 33.0 Å². The van der Waals surface area contributed by atoms with E-state index >= 15 is 0 Å². The van der Waals surface area contributed by atoms with Crippen molar-refractivity contribution in [3.63, 3.8) is 0 Å². The third-order valence-electron chi connectivity index (χ3n) is 19.3. The number of hydrogen-bond donors (Lipinski definition) is 13. The normalized spacial score (nSPS) is 55.7. The van der Waals surface area contributed by atoms with Crippen molar-refractivity contribution in [3.05, 3.63) is 0 Å². The van der Waals surface area contributed by atoms with Gasteiger partial charge in [-0.25, -0.2) is 0 Å². The minimum atomic E-state index is -1.72. The van der Waals surface area contributed by atoms with E-state index in [1.54, 1.807) is 0 Å². The Bertz CT molecular complexity index is 1770. The van der Waals surface area contributed by atoms with Crippen molar-refractivity contribution < 1.29 is 109 Å². The summed E-state index contributed by atoms with van der Waals surface area (Å²) in [7, 11) is 0. The Morgan fingerprint density at radius 2 is 1.25 bits per heavy atom. The molecule has 5 saturated heterocycles. The zero-order chi connectivity index (χ0) is 51.1. The fraction of sp³-hybridized carbons (Fsp3) is 1.00. The quantitative estimate of drug-likeness (QED) is 0.0789. The number of aliphatic hydroxyl groups is 13. The van der Waals surface area contributed by atoms with Gasteiger partial charge in [0.25, 0.3) is 0 Å². The molecule has 4 saturated carbocycles. The second kappa shape index (κ2) is 21.5. The lowest BCUT2D eigenvalue weighted by Gasteiger charge is -2.61. The first kappa shape index (κ1) is 54.9. The average molecular weight is 1020 g/mol. The number of hydrogen-bond acceptors (Lipinski definition) is 22. The summed E-state index contributed by atoms with van der Waals surface area (Å²) in [6.45, 7) is 7.39. The fourth-order valence-electron chi connectivity index (χ4n) is 15.0. The molecule has 5 heterocycles. The van der Waals surface area contributed by atoms with Crippen molar-refractivity contribution in [3.8, 4) is 0 Å². The second-order valence-electron chi connectivity index (χ2n) is 23.4. The van der Waals surface area contributed by atoms with E-state index in [2.05, 4.69) is 20.8 Å². The summed E-state index contributed by atoms with van der Waals surface area (Å²) >= 11 is 0. The topological polar surface area (TPSA) is 346 Å². The van der Waals surface area contributed by atoms with Crippen LogP contribution in [0, 0.1) is 52.3 Å². The van der Waals surface area contributed by atoms with E-state index in [4.69, 9.17) is 42.6 Å². The Labute approximate surface area is 414 Å². The van der Waals surface area contributed by atoms with E-state index in [0.29, 0.717) is 49.4 Å². The largest absolute Gasteiger partial charge is 0.394 e. The van der Waals surface area contributed by atoms with Crippen LogP contribution in [0.3, 0.4) is 0 Å². The summed E-state index contributed by atoms with van der Waals surface area (Å²) in [6.07, 6.45) is -18.4.